The molecule has 118 valence electrons. The molecule has 1 saturated heterocycles. The van der Waals surface area contributed by atoms with Gasteiger partial charge in [0.2, 0.25) is 0 Å². The van der Waals surface area contributed by atoms with Crippen LogP contribution in [0.2, 0.25) is 0 Å². The lowest BCUT2D eigenvalue weighted by molar-refractivity contribution is 0.177. The molecule has 2 rings (SSSR count). The van der Waals surface area contributed by atoms with Crippen molar-refractivity contribution in [2.75, 3.05) is 33.0 Å². The molecular formula is C17H27NO3. The molecule has 1 aromatic rings. The SMILES string of the molecule is CCNC(c1ccc(OCC)c(OCC)c1)C1CCOC1. The predicted molar refractivity (Wildman–Crippen MR) is 84.1 cm³/mol. The predicted octanol–water partition coefficient (Wildman–Crippen LogP) is 3.17. The minimum Gasteiger partial charge on any atom is -0.490 e. The highest BCUT2D eigenvalue weighted by molar-refractivity contribution is 5.44. The zero-order valence-electron chi connectivity index (χ0n) is 13.4. The number of benzene rings is 1. The summed E-state index contributed by atoms with van der Waals surface area (Å²) in [5.41, 5.74) is 1.25. The van der Waals surface area contributed by atoms with Crippen LogP contribution in [-0.2, 0) is 4.74 Å². The smallest absolute Gasteiger partial charge is 0.161 e. The molecule has 4 heteroatoms. The molecule has 2 unspecified atom stereocenters. The van der Waals surface area contributed by atoms with Gasteiger partial charge in [-0.1, -0.05) is 13.0 Å². The lowest BCUT2D eigenvalue weighted by atomic mass is 9.92. The highest BCUT2D eigenvalue weighted by Gasteiger charge is 2.27. The molecule has 0 bridgehead atoms. The highest BCUT2D eigenvalue weighted by atomic mass is 16.5. The maximum atomic E-state index is 5.74. The van der Waals surface area contributed by atoms with Gasteiger partial charge in [0.25, 0.3) is 0 Å². The van der Waals surface area contributed by atoms with Gasteiger partial charge in [-0.15, -0.1) is 0 Å². The van der Waals surface area contributed by atoms with E-state index in [4.69, 9.17) is 14.2 Å². The Morgan fingerprint density at radius 3 is 2.57 bits per heavy atom. The molecule has 1 N–H and O–H groups in total. The Labute approximate surface area is 127 Å². The molecule has 21 heavy (non-hydrogen) atoms. The van der Waals surface area contributed by atoms with Crippen LogP contribution >= 0.6 is 0 Å². The fraction of sp³-hybridized carbons (Fsp3) is 0.647. The van der Waals surface area contributed by atoms with Crippen molar-refractivity contribution in [1.82, 2.24) is 5.32 Å². The first-order valence-electron chi connectivity index (χ1n) is 8.00. The summed E-state index contributed by atoms with van der Waals surface area (Å²) >= 11 is 0. The van der Waals surface area contributed by atoms with Crippen LogP contribution in [0.5, 0.6) is 11.5 Å². The Kier molecular flexibility index (Phi) is 6.33. The van der Waals surface area contributed by atoms with Crippen molar-refractivity contribution >= 4 is 0 Å². The van der Waals surface area contributed by atoms with Crippen molar-refractivity contribution in [3.8, 4) is 11.5 Å². The topological polar surface area (TPSA) is 39.7 Å². The molecule has 1 aliphatic heterocycles. The molecule has 0 aromatic heterocycles. The van der Waals surface area contributed by atoms with Gasteiger partial charge in [-0.2, -0.15) is 0 Å². The maximum absolute atomic E-state index is 5.74. The Bertz CT molecular complexity index is 430. The van der Waals surface area contributed by atoms with E-state index in [9.17, 15) is 0 Å². The fourth-order valence-corrected chi connectivity index (χ4v) is 2.85. The first kappa shape index (κ1) is 16.1. The van der Waals surface area contributed by atoms with Gasteiger partial charge in [-0.25, -0.2) is 0 Å². The number of hydrogen-bond acceptors (Lipinski definition) is 4. The van der Waals surface area contributed by atoms with Crippen LogP contribution in [0.15, 0.2) is 18.2 Å². The normalized spacial score (nSPS) is 19.5. The lowest BCUT2D eigenvalue weighted by Crippen LogP contribution is -2.28. The molecule has 0 saturated carbocycles. The largest absolute Gasteiger partial charge is 0.490 e. The molecule has 0 aliphatic carbocycles. The molecule has 1 heterocycles. The minimum absolute atomic E-state index is 0.312. The highest BCUT2D eigenvalue weighted by Crippen LogP contribution is 2.35. The van der Waals surface area contributed by atoms with Crippen LogP contribution in [0.25, 0.3) is 0 Å². The standard InChI is InChI=1S/C17H27NO3/c1-4-18-17(14-9-10-19-12-14)13-7-8-15(20-5-2)16(11-13)21-6-3/h7-8,11,14,17-18H,4-6,9-10,12H2,1-3H3. The van der Waals surface area contributed by atoms with Gasteiger partial charge in [0, 0.05) is 18.6 Å². The van der Waals surface area contributed by atoms with E-state index in [0.717, 1.165) is 37.7 Å². The van der Waals surface area contributed by atoms with Gasteiger partial charge >= 0.3 is 0 Å². The minimum atomic E-state index is 0.312. The van der Waals surface area contributed by atoms with Gasteiger partial charge < -0.3 is 19.5 Å². The van der Waals surface area contributed by atoms with Crippen LogP contribution in [0.1, 0.15) is 38.8 Å². The molecule has 1 aliphatic rings. The van der Waals surface area contributed by atoms with Crippen LogP contribution < -0.4 is 14.8 Å². The van der Waals surface area contributed by atoms with Crippen molar-refractivity contribution in [3.63, 3.8) is 0 Å². The number of rotatable bonds is 8. The van der Waals surface area contributed by atoms with Crippen molar-refractivity contribution in [2.45, 2.75) is 33.2 Å². The third-order valence-corrected chi connectivity index (χ3v) is 3.79. The summed E-state index contributed by atoms with van der Waals surface area (Å²) in [6.45, 7) is 10.0. The Morgan fingerprint density at radius 1 is 1.19 bits per heavy atom. The molecule has 0 spiro atoms. The Balaban J connectivity index is 2.24. The van der Waals surface area contributed by atoms with E-state index >= 15 is 0 Å². The second-order valence-corrected chi connectivity index (χ2v) is 5.23. The summed E-state index contributed by atoms with van der Waals surface area (Å²) in [6.07, 6.45) is 1.11. The fourth-order valence-electron chi connectivity index (χ4n) is 2.85. The van der Waals surface area contributed by atoms with E-state index in [1.165, 1.54) is 5.56 Å². The van der Waals surface area contributed by atoms with Crippen LogP contribution in [0, 0.1) is 5.92 Å². The van der Waals surface area contributed by atoms with Gasteiger partial charge in [-0.3, -0.25) is 0 Å². The van der Waals surface area contributed by atoms with Gasteiger partial charge in [-0.05, 0) is 44.5 Å². The number of hydrogen-bond donors (Lipinski definition) is 1. The van der Waals surface area contributed by atoms with Crippen molar-refractivity contribution in [3.05, 3.63) is 23.8 Å². The first-order valence-corrected chi connectivity index (χ1v) is 8.00. The van der Waals surface area contributed by atoms with E-state index in [-0.39, 0.29) is 0 Å². The summed E-state index contributed by atoms with van der Waals surface area (Å²) in [6, 6.07) is 6.58. The number of ether oxygens (including phenoxy) is 3. The number of nitrogens with one attached hydrogen (secondary N) is 1. The average molecular weight is 293 g/mol. The zero-order chi connectivity index (χ0) is 15.1. The first-order chi connectivity index (χ1) is 10.3. The van der Waals surface area contributed by atoms with E-state index in [1.54, 1.807) is 0 Å². The summed E-state index contributed by atoms with van der Waals surface area (Å²) in [5.74, 6) is 2.18. The third kappa shape index (κ3) is 4.11. The van der Waals surface area contributed by atoms with E-state index in [1.807, 2.05) is 19.9 Å². The molecule has 1 fully saturated rings. The summed E-state index contributed by atoms with van der Waals surface area (Å²) < 4.78 is 16.9. The molecule has 4 nitrogen and oxygen atoms in total. The molecule has 0 amide bonds. The lowest BCUT2D eigenvalue weighted by Gasteiger charge is -2.25. The Hall–Kier alpha value is -1.26. The van der Waals surface area contributed by atoms with Crippen molar-refractivity contribution < 1.29 is 14.2 Å². The van der Waals surface area contributed by atoms with Gasteiger partial charge in [0.05, 0.1) is 19.8 Å². The molecule has 2 atom stereocenters. The summed E-state index contributed by atoms with van der Waals surface area (Å²) in [5, 5.41) is 3.59. The third-order valence-electron chi connectivity index (χ3n) is 3.79. The van der Waals surface area contributed by atoms with Crippen LogP contribution in [0.4, 0.5) is 0 Å². The Morgan fingerprint density at radius 2 is 1.95 bits per heavy atom. The summed E-state index contributed by atoms with van der Waals surface area (Å²) in [7, 11) is 0. The molecular weight excluding hydrogens is 266 g/mol. The van der Waals surface area contributed by atoms with Crippen LogP contribution in [0.3, 0.4) is 0 Å². The maximum Gasteiger partial charge on any atom is 0.161 e. The monoisotopic (exact) mass is 293 g/mol. The van der Waals surface area contributed by atoms with Crippen molar-refractivity contribution in [1.29, 1.82) is 0 Å². The average Bonchev–Trinajstić information content (AvgIpc) is 3.01. The van der Waals surface area contributed by atoms with Crippen LogP contribution in [-0.4, -0.2) is 33.0 Å². The van der Waals surface area contributed by atoms with E-state index in [2.05, 4.69) is 24.4 Å². The quantitative estimate of drug-likeness (QED) is 0.799. The second kappa shape index (κ2) is 8.25. The van der Waals surface area contributed by atoms with E-state index in [0.29, 0.717) is 25.2 Å². The van der Waals surface area contributed by atoms with Gasteiger partial charge in [0.1, 0.15) is 0 Å². The second-order valence-electron chi connectivity index (χ2n) is 5.23. The summed E-state index contributed by atoms with van der Waals surface area (Å²) in [4.78, 5) is 0. The molecule has 0 radical (unpaired) electrons. The van der Waals surface area contributed by atoms with Gasteiger partial charge in [0.15, 0.2) is 11.5 Å². The van der Waals surface area contributed by atoms with E-state index < -0.39 is 0 Å². The zero-order valence-corrected chi connectivity index (χ0v) is 13.4. The van der Waals surface area contributed by atoms with Crippen molar-refractivity contribution in [2.24, 2.45) is 5.92 Å². The molecule has 1 aromatic carbocycles.